The van der Waals surface area contributed by atoms with Crippen LogP contribution in [-0.4, -0.2) is 31.8 Å². The van der Waals surface area contributed by atoms with Crippen molar-refractivity contribution in [1.29, 1.82) is 0 Å². The number of hydrogen-bond acceptors (Lipinski definition) is 3. The van der Waals surface area contributed by atoms with Crippen molar-refractivity contribution in [2.45, 2.75) is 6.42 Å². The molecule has 0 aromatic carbocycles. The molecule has 0 N–H and O–H groups in total. The second-order valence-corrected chi connectivity index (χ2v) is 4.28. The van der Waals surface area contributed by atoms with Gasteiger partial charge in [-0.15, -0.1) is 0 Å². The van der Waals surface area contributed by atoms with Gasteiger partial charge in [0.15, 0.2) is 0 Å². The highest BCUT2D eigenvalue weighted by molar-refractivity contribution is 6.29. The Bertz CT molecular complexity index is 332. The van der Waals surface area contributed by atoms with Gasteiger partial charge in [0.25, 0.3) is 0 Å². The van der Waals surface area contributed by atoms with E-state index in [9.17, 15) is 0 Å². The van der Waals surface area contributed by atoms with Gasteiger partial charge in [0.05, 0.1) is 6.61 Å². The summed E-state index contributed by atoms with van der Waals surface area (Å²) >= 11 is 5.86. The van der Waals surface area contributed by atoms with Crippen molar-refractivity contribution in [1.82, 2.24) is 4.98 Å². The molecule has 2 rings (SSSR count). The average molecular weight is 227 g/mol. The number of nitrogens with zero attached hydrogens (tertiary/aromatic N) is 2. The third-order valence-electron chi connectivity index (χ3n) is 2.76. The normalized spacial score (nSPS) is 20.9. The van der Waals surface area contributed by atoms with E-state index in [-0.39, 0.29) is 0 Å². The molecule has 82 valence electrons. The minimum absolute atomic E-state index is 0.558. The fourth-order valence-electron chi connectivity index (χ4n) is 2.03. The van der Waals surface area contributed by atoms with Crippen LogP contribution in [0.2, 0.25) is 5.15 Å². The van der Waals surface area contributed by atoms with Crippen molar-refractivity contribution in [2.75, 3.05) is 31.7 Å². The molecule has 1 atom stereocenters. The average Bonchev–Trinajstić information content (AvgIpc) is 2.67. The number of methoxy groups -OCH3 is 1. The quantitative estimate of drug-likeness (QED) is 0.739. The molecule has 1 fully saturated rings. The first-order chi connectivity index (χ1) is 7.29. The number of hydrogen-bond donors (Lipinski definition) is 0. The van der Waals surface area contributed by atoms with E-state index in [0.29, 0.717) is 11.1 Å². The molecule has 0 radical (unpaired) electrons. The molecule has 1 unspecified atom stereocenters. The van der Waals surface area contributed by atoms with Gasteiger partial charge in [0.1, 0.15) is 5.15 Å². The molecular weight excluding hydrogens is 212 g/mol. The van der Waals surface area contributed by atoms with E-state index in [2.05, 4.69) is 9.88 Å². The molecule has 1 aromatic rings. The molecule has 15 heavy (non-hydrogen) atoms. The van der Waals surface area contributed by atoms with Gasteiger partial charge < -0.3 is 9.64 Å². The van der Waals surface area contributed by atoms with Gasteiger partial charge in [0.2, 0.25) is 0 Å². The minimum atomic E-state index is 0.558. The SMILES string of the molecule is COCC1CCN(c2ccnc(Cl)c2)C1. The number of aromatic nitrogens is 1. The van der Waals surface area contributed by atoms with Crippen LogP contribution in [-0.2, 0) is 4.74 Å². The van der Waals surface area contributed by atoms with Gasteiger partial charge in [0, 0.05) is 38.0 Å². The highest BCUT2D eigenvalue weighted by Gasteiger charge is 2.22. The molecule has 2 heterocycles. The van der Waals surface area contributed by atoms with E-state index in [1.165, 1.54) is 6.42 Å². The number of rotatable bonds is 3. The van der Waals surface area contributed by atoms with Gasteiger partial charge in [-0.1, -0.05) is 11.6 Å². The van der Waals surface area contributed by atoms with Gasteiger partial charge in [-0.2, -0.15) is 0 Å². The summed E-state index contributed by atoms with van der Waals surface area (Å²) in [7, 11) is 1.76. The molecule has 1 aliphatic heterocycles. The van der Waals surface area contributed by atoms with Crippen LogP contribution in [0.25, 0.3) is 0 Å². The van der Waals surface area contributed by atoms with Crippen molar-refractivity contribution in [3.05, 3.63) is 23.5 Å². The monoisotopic (exact) mass is 226 g/mol. The zero-order valence-corrected chi connectivity index (χ0v) is 9.57. The van der Waals surface area contributed by atoms with Crippen molar-refractivity contribution in [2.24, 2.45) is 5.92 Å². The summed E-state index contributed by atoms with van der Waals surface area (Å²) in [5, 5.41) is 0.558. The Kier molecular flexibility index (Phi) is 3.44. The van der Waals surface area contributed by atoms with Gasteiger partial charge >= 0.3 is 0 Å². The Hall–Kier alpha value is -0.800. The van der Waals surface area contributed by atoms with E-state index in [4.69, 9.17) is 16.3 Å². The van der Waals surface area contributed by atoms with Crippen LogP contribution in [0.3, 0.4) is 0 Å². The highest BCUT2D eigenvalue weighted by atomic mass is 35.5. The maximum atomic E-state index is 5.86. The maximum Gasteiger partial charge on any atom is 0.131 e. The summed E-state index contributed by atoms with van der Waals surface area (Å²) in [6.07, 6.45) is 2.94. The van der Waals surface area contributed by atoms with Crippen LogP contribution < -0.4 is 4.90 Å². The summed E-state index contributed by atoms with van der Waals surface area (Å²) in [6, 6.07) is 3.91. The van der Waals surface area contributed by atoms with Crippen molar-refractivity contribution < 1.29 is 4.74 Å². The van der Waals surface area contributed by atoms with Crippen molar-refractivity contribution >= 4 is 17.3 Å². The molecular formula is C11H15ClN2O. The highest BCUT2D eigenvalue weighted by Crippen LogP contribution is 2.24. The first kappa shape index (κ1) is 10.7. The predicted molar refractivity (Wildman–Crippen MR) is 61.4 cm³/mol. The number of ether oxygens (including phenoxy) is 1. The fourth-order valence-corrected chi connectivity index (χ4v) is 2.20. The molecule has 1 saturated heterocycles. The molecule has 3 nitrogen and oxygen atoms in total. The topological polar surface area (TPSA) is 25.4 Å². The second kappa shape index (κ2) is 4.81. The van der Waals surface area contributed by atoms with Crippen LogP contribution in [0, 0.1) is 5.92 Å². The third kappa shape index (κ3) is 2.61. The summed E-state index contributed by atoms with van der Waals surface area (Å²) in [5.41, 5.74) is 1.16. The lowest BCUT2D eigenvalue weighted by atomic mass is 10.1. The maximum absolute atomic E-state index is 5.86. The van der Waals surface area contributed by atoms with Gasteiger partial charge in [-0.25, -0.2) is 4.98 Å². The first-order valence-corrected chi connectivity index (χ1v) is 5.53. The van der Waals surface area contributed by atoms with E-state index >= 15 is 0 Å². The van der Waals surface area contributed by atoms with Gasteiger partial charge in [-0.05, 0) is 18.6 Å². The minimum Gasteiger partial charge on any atom is -0.384 e. The Morgan fingerprint density at radius 3 is 3.27 bits per heavy atom. The molecule has 4 heteroatoms. The number of pyridine rings is 1. The van der Waals surface area contributed by atoms with E-state index in [1.54, 1.807) is 13.3 Å². The van der Waals surface area contributed by atoms with Crippen molar-refractivity contribution in [3.8, 4) is 0 Å². The lowest BCUT2D eigenvalue weighted by Gasteiger charge is -2.18. The van der Waals surface area contributed by atoms with Crippen LogP contribution in [0.15, 0.2) is 18.3 Å². The Morgan fingerprint density at radius 2 is 2.53 bits per heavy atom. The lowest BCUT2D eigenvalue weighted by molar-refractivity contribution is 0.161. The van der Waals surface area contributed by atoms with E-state index in [0.717, 1.165) is 25.4 Å². The first-order valence-electron chi connectivity index (χ1n) is 5.15. The molecule has 0 spiro atoms. The Balaban J connectivity index is 2.01. The smallest absolute Gasteiger partial charge is 0.131 e. The standard InChI is InChI=1S/C11H15ClN2O/c1-15-8-9-3-5-14(7-9)10-2-4-13-11(12)6-10/h2,4,6,9H,3,5,7-8H2,1H3. The molecule has 1 aliphatic rings. The van der Waals surface area contributed by atoms with E-state index < -0.39 is 0 Å². The summed E-state index contributed by atoms with van der Waals surface area (Å²) in [4.78, 5) is 6.31. The molecule has 1 aromatic heterocycles. The molecule has 0 aliphatic carbocycles. The number of anilines is 1. The van der Waals surface area contributed by atoms with Crippen LogP contribution in [0.5, 0.6) is 0 Å². The zero-order chi connectivity index (χ0) is 10.7. The summed E-state index contributed by atoms with van der Waals surface area (Å²) in [6.45, 7) is 2.97. The lowest BCUT2D eigenvalue weighted by Crippen LogP contribution is -2.20. The molecule has 0 amide bonds. The van der Waals surface area contributed by atoms with Crippen molar-refractivity contribution in [3.63, 3.8) is 0 Å². The second-order valence-electron chi connectivity index (χ2n) is 3.89. The van der Waals surface area contributed by atoms with Gasteiger partial charge in [-0.3, -0.25) is 0 Å². The van der Waals surface area contributed by atoms with Crippen LogP contribution in [0.4, 0.5) is 5.69 Å². The molecule has 0 saturated carbocycles. The third-order valence-corrected chi connectivity index (χ3v) is 2.97. The Labute approximate surface area is 95.0 Å². The largest absolute Gasteiger partial charge is 0.384 e. The van der Waals surface area contributed by atoms with Crippen LogP contribution in [0.1, 0.15) is 6.42 Å². The number of halogens is 1. The fraction of sp³-hybridized carbons (Fsp3) is 0.545. The zero-order valence-electron chi connectivity index (χ0n) is 8.82. The summed E-state index contributed by atoms with van der Waals surface area (Å²) in [5.74, 6) is 0.641. The predicted octanol–water partition coefficient (Wildman–Crippen LogP) is 2.21. The molecule has 0 bridgehead atoms. The van der Waals surface area contributed by atoms with Crippen LogP contribution >= 0.6 is 11.6 Å². The summed E-state index contributed by atoms with van der Waals surface area (Å²) < 4.78 is 5.17. The van der Waals surface area contributed by atoms with E-state index in [1.807, 2.05) is 12.1 Å². The Morgan fingerprint density at radius 1 is 1.67 bits per heavy atom.